The number of nitrogens with two attached hydrogens (primary N) is 1. The van der Waals surface area contributed by atoms with Gasteiger partial charge < -0.3 is 10.6 Å². The molecular weight excluding hydrogens is 236 g/mol. The van der Waals surface area contributed by atoms with E-state index in [1.165, 1.54) is 19.3 Å². The summed E-state index contributed by atoms with van der Waals surface area (Å²) in [6.07, 6.45) is 6.47. The van der Waals surface area contributed by atoms with Gasteiger partial charge in [-0.1, -0.05) is 27.2 Å². The lowest BCUT2D eigenvalue weighted by molar-refractivity contribution is -0.130. The summed E-state index contributed by atoms with van der Waals surface area (Å²) in [4.78, 5) is 14.3. The highest BCUT2D eigenvalue weighted by atomic mass is 16.2. The molecule has 1 rings (SSSR count). The Balaban J connectivity index is 2.31. The van der Waals surface area contributed by atoms with Gasteiger partial charge in [0.05, 0.1) is 0 Å². The second-order valence-corrected chi connectivity index (χ2v) is 6.40. The van der Waals surface area contributed by atoms with E-state index in [-0.39, 0.29) is 0 Å². The Bertz CT molecular complexity index is 265. The van der Waals surface area contributed by atoms with Crippen molar-refractivity contribution in [2.24, 2.45) is 23.5 Å². The van der Waals surface area contributed by atoms with E-state index < -0.39 is 0 Å². The van der Waals surface area contributed by atoms with E-state index >= 15 is 0 Å². The lowest BCUT2D eigenvalue weighted by atomic mass is 9.88. The molecule has 0 aliphatic carbocycles. The number of likely N-dealkylation sites (tertiary alicyclic amines) is 1. The molecule has 1 saturated heterocycles. The minimum Gasteiger partial charge on any atom is -0.342 e. The fourth-order valence-electron chi connectivity index (χ4n) is 3.20. The first-order chi connectivity index (χ1) is 9.08. The summed E-state index contributed by atoms with van der Waals surface area (Å²) in [7, 11) is 0. The normalized spacial score (nSPS) is 21.1. The van der Waals surface area contributed by atoms with E-state index in [0.717, 1.165) is 38.4 Å². The van der Waals surface area contributed by atoms with Gasteiger partial charge in [-0.25, -0.2) is 0 Å². The third kappa shape index (κ3) is 5.52. The molecule has 1 fully saturated rings. The number of nitrogens with zero attached hydrogens (tertiary/aromatic N) is 1. The van der Waals surface area contributed by atoms with E-state index in [1.54, 1.807) is 0 Å². The Morgan fingerprint density at radius 3 is 2.68 bits per heavy atom. The summed E-state index contributed by atoms with van der Waals surface area (Å²) in [5, 5.41) is 0. The SMILES string of the molecule is CCCC1CCN(C(=O)CCC(CCN)C(C)C)C1. The second-order valence-electron chi connectivity index (χ2n) is 6.40. The molecule has 2 atom stereocenters. The molecular formula is C16H32N2O. The fraction of sp³-hybridized carbons (Fsp3) is 0.938. The maximum atomic E-state index is 12.2. The van der Waals surface area contributed by atoms with Crippen molar-refractivity contribution in [3.8, 4) is 0 Å². The molecule has 2 unspecified atom stereocenters. The molecule has 0 spiro atoms. The highest BCUT2D eigenvalue weighted by Gasteiger charge is 2.25. The zero-order valence-electron chi connectivity index (χ0n) is 13.0. The molecule has 0 aromatic carbocycles. The maximum Gasteiger partial charge on any atom is 0.222 e. The van der Waals surface area contributed by atoms with Crippen molar-refractivity contribution in [3.05, 3.63) is 0 Å². The maximum absolute atomic E-state index is 12.2. The van der Waals surface area contributed by atoms with Crippen molar-refractivity contribution in [2.75, 3.05) is 19.6 Å². The van der Waals surface area contributed by atoms with Crippen LogP contribution >= 0.6 is 0 Å². The molecule has 2 N–H and O–H groups in total. The first-order valence-electron chi connectivity index (χ1n) is 8.06. The van der Waals surface area contributed by atoms with Crippen molar-refractivity contribution in [3.63, 3.8) is 0 Å². The number of hydrogen-bond donors (Lipinski definition) is 1. The van der Waals surface area contributed by atoms with E-state index in [1.807, 2.05) is 0 Å². The molecule has 1 aliphatic rings. The van der Waals surface area contributed by atoms with Gasteiger partial charge in [0, 0.05) is 19.5 Å². The van der Waals surface area contributed by atoms with Crippen LogP contribution in [0.4, 0.5) is 0 Å². The summed E-state index contributed by atoms with van der Waals surface area (Å²) in [6, 6.07) is 0. The van der Waals surface area contributed by atoms with E-state index in [9.17, 15) is 4.79 Å². The second kappa shape index (κ2) is 8.57. The summed E-state index contributed by atoms with van der Waals surface area (Å²) < 4.78 is 0. The smallest absolute Gasteiger partial charge is 0.222 e. The molecule has 0 saturated carbocycles. The standard InChI is InChI=1S/C16H32N2O/c1-4-5-14-9-11-18(12-14)16(19)7-6-15(8-10-17)13(2)3/h13-15H,4-12,17H2,1-3H3. The van der Waals surface area contributed by atoms with Crippen molar-refractivity contribution in [1.29, 1.82) is 0 Å². The molecule has 3 heteroatoms. The van der Waals surface area contributed by atoms with Gasteiger partial charge in [-0.3, -0.25) is 4.79 Å². The Labute approximate surface area is 118 Å². The van der Waals surface area contributed by atoms with Crippen LogP contribution in [0, 0.1) is 17.8 Å². The van der Waals surface area contributed by atoms with Gasteiger partial charge in [0.2, 0.25) is 5.91 Å². The lowest BCUT2D eigenvalue weighted by Crippen LogP contribution is -2.29. The molecule has 3 nitrogen and oxygen atoms in total. The molecule has 19 heavy (non-hydrogen) atoms. The first kappa shape index (κ1) is 16.5. The number of rotatable bonds is 8. The topological polar surface area (TPSA) is 46.3 Å². The average Bonchev–Trinajstić information content (AvgIpc) is 2.83. The summed E-state index contributed by atoms with van der Waals surface area (Å²) in [6.45, 7) is 9.41. The molecule has 0 aromatic rings. The number of carbonyl (C=O) groups is 1. The van der Waals surface area contributed by atoms with E-state index in [0.29, 0.717) is 24.2 Å². The zero-order chi connectivity index (χ0) is 14.3. The van der Waals surface area contributed by atoms with Crippen LogP contribution < -0.4 is 5.73 Å². The van der Waals surface area contributed by atoms with Gasteiger partial charge in [0.25, 0.3) is 0 Å². The quantitative estimate of drug-likeness (QED) is 0.735. The summed E-state index contributed by atoms with van der Waals surface area (Å²) >= 11 is 0. The van der Waals surface area contributed by atoms with Gasteiger partial charge in [0.1, 0.15) is 0 Å². The minimum atomic E-state index is 0.362. The zero-order valence-corrected chi connectivity index (χ0v) is 13.0. The highest BCUT2D eigenvalue weighted by molar-refractivity contribution is 5.76. The number of amides is 1. The predicted molar refractivity (Wildman–Crippen MR) is 80.8 cm³/mol. The van der Waals surface area contributed by atoms with Gasteiger partial charge in [-0.15, -0.1) is 0 Å². The van der Waals surface area contributed by atoms with Gasteiger partial charge in [0.15, 0.2) is 0 Å². The highest BCUT2D eigenvalue weighted by Crippen LogP contribution is 2.24. The van der Waals surface area contributed by atoms with E-state index in [2.05, 4.69) is 25.7 Å². The Morgan fingerprint density at radius 1 is 1.37 bits per heavy atom. The van der Waals surface area contributed by atoms with Crippen LogP contribution in [0.5, 0.6) is 0 Å². The molecule has 0 aromatic heterocycles. The third-order valence-electron chi connectivity index (χ3n) is 4.54. The van der Waals surface area contributed by atoms with Gasteiger partial charge in [-0.05, 0) is 50.0 Å². The Hall–Kier alpha value is -0.570. The van der Waals surface area contributed by atoms with Crippen LogP contribution in [-0.2, 0) is 4.79 Å². The van der Waals surface area contributed by atoms with Crippen LogP contribution in [0.15, 0.2) is 0 Å². The predicted octanol–water partition coefficient (Wildman–Crippen LogP) is 3.04. The molecule has 0 radical (unpaired) electrons. The monoisotopic (exact) mass is 268 g/mol. The molecule has 1 amide bonds. The van der Waals surface area contributed by atoms with E-state index in [4.69, 9.17) is 5.73 Å². The van der Waals surface area contributed by atoms with Crippen LogP contribution in [0.3, 0.4) is 0 Å². The van der Waals surface area contributed by atoms with Crippen molar-refractivity contribution < 1.29 is 4.79 Å². The number of hydrogen-bond acceptors (Lipinski definition) is 2. The minimum absolute atomic E-state index is 0.362. The van der Waals surface area contributed by atoms with Gasteiger partial charge >= 0.3 is 0 Å². The number of carbonyl (C=O) groups excluding carboxylic acids is 1. The average molecular weight is 268 g/mol. The molecule has 112 valence electrons. The van der Waals surface area contributed by atoms with Crippen molar-refractivity contribution >= 4 is 5.91 Å². The molecule has 0 bridgehead atoms. The summed E-state index contributed by atoms with van der Waals surface area (Å²) in [5.41, 5.74) is 5.65. The third-order valence-corrected chi connectivity index (χ3v) is 4.54. The van der Waals surface area contributed by atoms with Gasteiger partial charge in [-0.2, -0.15) is 0 Å². The summed E-state index contributed by atoms with van der Waals surface area (Å²) in [5.74, 6) is 2.34. The fourth-order valence-corrected chi connectivity index (χ4v) is 3.20. The first-order valence-corrected chi connectivity index (χ1v) is 8.06. The lowest BCUT2D eigenvalue weighted by Gasteiger charge is -2.22. The molecule has 1 heterocycles. The largest absolute Gasteiger partial charge is 0.342 e. The van der Waals surface area contributed by atoms with Crippen molar-refractivity contribution in [1.82, 2.24) is 4.90 Å². The van der Waals surface area contributed by atoms with Crippen LogP contribution in [0.2, 0.25) is 0 Å². The molecule has 1 aliphatic heterocycles. The Kier molecular flexibility index (Phi) is 7.44. The van der Waals surface area contributed by atoms with Crippen LogP contribution in [0.1, 0.15) is 59.3 Å². The van der Waals surface area contributed by atoms with Crippen molar-refractivity contribution in [2.45, 2.75) is 59.3 Å². The Morgan fingerprint density at radius 2 is 2.11 bits per heavy atom. The van der Waals surface area contributed by atoms with Crippen LogP contribution in [-0.4, -0.2) is 30.4 Å². The van der Waals surface area contributed by atoms with Crippen LogP contribution in [0.25, 0.3) is 0 Å².